The molecule has 5 heteroatoms. The van der Waals surface area contributed by atoms with Crippen LogP contribution in [0.25, 0.3) is 0 Å². The van der Waals surface area contributed by atoms with Crippen LogP contribution in [0.15, 0.2) is 35.2 Å². The number of hydrogen-bond donors (Lipinski definition) is 2. The lowest BCUT2D eigenvalue weighted by atomic mass is 10.3. The highest BCUT2D eigenvalue weighted by Crippen LogP contribution is 2.11. The van der Waals surface area contributed by atoms with Gasteiger partial charge in [-0.15, -0.1) is 0 Å². The summed E-state index contributed by atoms with van der Waals surface area (Å²) in [6, 6.07) is 5.50. The first-order valence-electron chi connectivity index (χ1n) is 4.76. The van der Waals surface area contributed by atoms with Gasteiger partial charge in [-0.3, -0.25) is 9.78 Å². The van der Waals surface area contributed by atoms with Crippen LogP contribution < -0.4 is 11.1 Å². The van der Waals surface area contributed by atoms with Gasteiger partial charge < -0.3 is 11.1 Å². The van der Waals surface area contributed by atoms with Gasteiger partial charge in [-0.1, -0.05) is 0 Å². The summed E-state index contributed by atoms with van der Waals surface area (Å²) < 4.78 is 0. The molecule has 2 aromatic rings. The van der Waals surface area contributed by atoms with Crippen molar-refractivity contribution in [3.8, 4) is 0 Å². The van der Waals surface area contributed by atoms with Crippen molar-refractivity contribution in [3.05, 3.63) is 46.4 Å². The molecule has 0 aliphatic carbocycles. The summed E-state index contributed by atoms with van der Waals surface area (Å²) in [4.78, 5) is 14.8. The highest BCUT2D eigenvalue weighted by atomic mass is 32.1. The van der Waals surface area contributed by atoms with Crippen LogP contribution in [0.4, 0.5) is 5.69 Å². The Hall–Kier alpha value is -1.88. The van der Waals surface area contributed by atoms with E-state index in [9.17, 15) is 4.79 Å². The standard InChI is InChI=1S/C11H11N3OS/c12-11(15)10-5-9(1-3-13-10)14-6-8-2-4-16-7-8/h1-5,7H,6H2,(H2,12,15)(H,13,14). The normalized spacial score (nSPS) is 10.0. The van der Waals surface area contributed by atoms with Crippen molar-refractivity contribution in [2.75, 3.05) is 5.32 Å². The minimum Gasteiger partial charge on any atom is -0.381 e. The number of aromatic nitrogens is 1. The molecular formula is C11H11N3OS. The van der Waals surface area contributed by atoms with E-state index in [1.54, 1.807) is 29.7 Å². The number of nitrogens with zero attached hydrogens (tertiary/aromatic N) is 1. The Morgan fingerprint density at radius 1 is 1.50 bits per heavy atom. The molecule has 0 aliphatic heterocycles. The van der Waals surface area contributed by atoms with E-state index in [0.717, 1.165) is 12.2 Å². The maximum Gasteiger partial charge on any atom is 0.267 e. The van der Waals surface area contributed by atoms with Crippen molar-refractivity contribution in [2.24, 2.45) is 5.73 Å². The quantitative estimate of drug-likeness (QED) is 0.846. The average Bonchev–Trinajstić information content (AvgIpc) is 2.79. The summed E-state index contributed by atoms with van der Waals surface area (Å²) in [6.45, 7) is 0.728. The Bertz CT molecular complexity index is 482. The van der Waals surface area contributed by atoms with Crippen molar-refractivity contribution in [1.29, 1.82) is 0 Å². The van der Waals surface area contributed by atoms with Gasteiger partial charge in [0.2, 0.25) is 0 Å². The number of carbonyl (C=O) groups is 1. The smallest absolute Gasteiger partial charge is 0.267 e. The third-order valence-electron chi connectivity index (χ3n) is 2.09. The Morgan fingerprint density at radius 3 is 3.06 bits per heavy atom. The van der Waals surface area contributed by atoms with Crippen LogP contribution in [0, 0.1) is 0 Å². The van der Waals surface area contributed by atoms with Gasteiger partial charge in [0.15, 0.2) is 0 Å². The van der Waals surface area contributed by atoms with E-state index < -0.39 is 5.91 Å². The van der Waals surface area contributed by atoms with Crippen LogP contribution in [0.2, 0.25) is 0 Å². The molecule has 0 unspecified atom stereocenters. The second-order valence-electron chi connectivity index (χ2n) is 3.28. The topological polar surface area (TPSA) is 68.0 Å². The Balaban J connectivity index is 2.04. The van der Waals surface area contributed by atoms with E-state index in [0.29, 0.717) is 0 Å². The van der Waals surface area contributed by atoms with Crippen molar-refractivity contribution in [3.63, 3.8) is 0 Å². The number of nitrogens with one attached hydrogen (secondary N) is 1. The van der Waals surface area contributed by atoms with E-state index >= 15 is 0 Å². The molecule has 0 spiro atoms. The van der Waals surface area contributed by atoms with Gasteiger partial charge in [0, 0.05) is 18.4 Å². The summed E-state index contributed by atoms with van der Waals surface area (Å²) in [5, 5.41) is 7.30. The van der Waals surface area contributed by atoms with Crippen LogP contribution >= 0.6 is 11.3 Å². The predicted octanol–water partition coefficient (Wildman–Crippen LogP) is 1.85. The Kier molecular flexibility index (Phi) is 3.16. The molecule has 2 aromatic heterocycles. The number of rotatable bonds is 4. The number of carbonyl (C=O) groups excluding carboxylic acids is 1. The number of nitrogens with two attached hydrogens (primary N) is 1. The first-order chi connectivity index (χ1) is 7.75. The third kappa shape index (κ3) is 2.58. The molecule has 0 bridgehead atoms. The molecule has 82 valence electrons. The maximum atomic E-state index is 10.9. The fraction of sp³-hybridized carbons (Fsp3) is 0.0909. The largest absolute Gasteiger partial charge is 0.381 e. The van der Waals surface area contributed by atoms with E-state index in [4.69, 9.17) is 5.73 Å². The monoisotopic (exact) mass is 233 g/mol. The van der Waals surface area contributed by atoms with E-state index in [1.165, 1.54) is 5.56 Å². The van der Waals surface area contributed by atoms with E-state index in [-0.39, 0.29) is 5.69 Å². The summed E-state index contributed by atoms with van der Waals surface area (Å²) in [5.74, 6) is -0.515. The SMILES string of the molecule is NC(=O)c1cc(NCc2ccsc2)ccn1. The molecule has 2 heterocycles. The summed E-state index contributed by atoms with van der Waals surface area (Å²) >= 11 is 1.66. The summed E-state index contributed by atoms with van der Waals surface area (Å²) in [5.41, 5.74) is 7.47. The van der Waals surface area contributed by atoms with Gasteiger partial charge >= 0.3 is 0 Å². The molecule has 2 rings (SSSR count). The molecule has 0 saturated heterocycles. The van der Waals surface area contributed by atoms with Crippen molar-refractivity contribution < 1.29 is 4.79 Å². The third-order valence-corrected chi connectivity index (χ3v) is 2.82. The zero-order chi connectivity index (χ0) is 11.4. The zero-order valence-electron chi connectivity index (χ0n) is 8.51. The summed E-state index contributed by atoms with van der Waals surface area (Å²) in [6.07, 6.45) is 1.57. The number of pyridine rings is 1. The molecule has 1 amide bonds. The van der Waals surface area contributed by atoms with Crippen LogP contribution in [0.1, 0.15) is 16.1 Å². The number of amides is 1. The number of anilines is 1. The fourth-order valence-corrected chi connectivity index (χ4v) is 1.94. The highest BCUT2D eigenvalue weighted by Gasteiger charge is 2.02. The van der Waals surface area contributed by atoms with Crippen LogP contribution in [-0.4, -0.2) is 10.9 Å². The number of primary amides is 1. The lowest BCUT2D eigenvalue weighted by molar-refractivity contribution is 0.0995. The van der Waals surface area contributed by atoms with Gasteiger partial charge in [-0.2, -0.15) is 11.3 Å². The molecular weight excluding hydrogens is 222 g/mol. The molecule has 4 nitrogen and oxygen atoms in total. The summed E-state index contributed by atoms with van der Waals surface area (Å²) in [7, 11) is 0. The van der Waals surface area contributed by atoms with Crippen LogP contribution in [-0.2, 0) is 6.54 Å². The minimum atomic E-state index is -0.515. The van der Waals surface area contributed by atoms with Crippen molar-refractivity contribution in [2.45, 2.75) is 6.54 Å². The zero-order valence-corrected chi connectivity index (χ0v) is 9.33. The second-order valence-corrected chi connectivity index (χ2v) is 4.06. The molecule has 0 aromatic carbocycles. The predicted molar refractivity (Wildman–Crippen MR) is 64.4 cm³/mol. The first-order valence-corrected chi connectivity index (χ1v) is 5.71. The molecule has 0 atom stereocenters. The molecule has 0 aliphatic rings. The Morgan fingerprint density at radius 2 is 2.38 bits per heavy atom. The van der Waals surface area contributed by atoms with Gasteiger partial charge in [0.05, 0.1) is 0 Å². The van der Waals surface area contributed by atoms with Crippen molar-refractivity contribution in [1.82, 2.24) is 4.98 Å². The Labute approximate surface area is 97.1 Å². The van der Waals surface area contributed by atoms with Crippen molar-refractivity contribution >= 4 is 22.9 Å². The molecule has 16 heavy (non-hydrogen) atoms. The minimum absolute atomic E-state index is 0.273. The average molecular weight is 233 g/mol. The van der Waals surface area contributed by atoms with Gasteiger partial charge in [-0.05, 0) is 34.5 Å². The molecule has 0 fully saturated rings. The lowest BCUT2D eigenvalue weighted by Crippen LogP contribution is -2.13. The van der Waals surface area contributed by atoms with Gasteiger partial charge in [-0.25, -0.2) is 0 Å². The highest BCUT2D eigenvalue weighted by molar-refractivity contribution is 7.07. The van der Waals surface area contributed by atoms with E-state index in [1.807, 2.05) is 11.4 Å². The molecule has 0 saturated carbocycles. The number of thiophene rings is 1. The number of hydrogen-bond acceptors (Lipinski definition) is 4. The fourth-order valence-electron chi connectivity index (χ4n) is 1.27. The van der Waals surface area contributed by atoms with Gasteiger partial charge in [0.1, 0.15) is 5.69 Å². The van der Waals surface area contributed by atoms with E-state index in [2.05, 4.69) is 15.7 Å². The lowest BCUT2D eigenvalue weighted by Gasteiger charge is -2.05. The first kappa shape index (κ1) is 10.6. The van der Waals surface area contributed by atoms with Gasteiger partial charge in [0.25, 0.3) is 5.91 Å². The maximum absolute atomic E-state index is 10.9. The molecule has 3 N–H and O–H groups in total. The van der Waals surface area contributed by atoms with Crippen LogP contribution in [0.3, 0.4) is 0 Å². The molecule has 0 radical (unpaired) electrons. The second kappa shape index (κ2) is 4.76. The van der Waals surface area contributed by atoms with Crippen LogP contribution in [0.5, 0.6) is 0 Å².